The van der Waals surface area contributed by atoms with E-state index in [4.69, 9.17) is 0 Å². The molecule has 1 aromatic carbocycles. The molecule has 0 radical (unpaired) electrons. The Bertz CT molecular complexity index is 223. The SMILES string of the molecule is Cc1ccc2c(c1)C2. The molecule has 0 saturated heterocycles. The number of aryl methyl sites for hydroxylation is 1. The van der Waals surface area contributed by atoms with Crippen LogP contribution in [0, 0.1) is 6.92 Å². The molecule has 0 nitrogen and oxygen atoms in total. The lowest BCUT2D eigenvalue weighted by molar-refractivity contribution is 1.48. The van der Waals surface area contributed by atoms with Crippen LogP contribution in [-0.4, -0.2) is 0 Å². The minimum absolute atomic E-state index is 1.24. The molecule has 1 aliphatic rings. The lowest BCUT2D eigenvalue weighted by atomic mass is 10.2. The molecule has 0 N–H and O–H groups in total. The minimum atomic E-state index is 1.24. The summed E-state index contributed by atoms with van der Waals surface area (Å²) in [7, 11) is 0. The maximum absolute atomic E-state index is 2.26. The summed E-state index contributed by atoms with van der Waals surface area (Å²) in [6, 6.07) is 6.64. The minimum Gasteiger partial charge on any atom is -0.0590 e. The Morgan fingerprint density at radius 1 is 1.25 bits per heavy atom. The largest absolute Gasteiger partial charge is 0.0590 e. The highest BCUT2D eigenvalue weighted by Crippen LogP contribution is 2.27. The van der Waals surface area contributed by atoms with Crippen LogP contribution in [0.25, 0.3) is 0 Å². The van der Waals surface area contributed by atoms with Gasteiger partial charge in [0, 0.05) is 0 Å². The van der Waals surface area contributed by atoms with Crippen molar-refractivity contribution in [3.63, 3.8) is 0 Å². The van der Waals surface area contributed by atoms with Gasteiger partial charge in [-0.25, -0.2) is 0 Å². The first-order valence-electron chi connectivity index (χ1n) is 2.95. The third-order valence-electron chi connectivity index (χ3n) is 1.62. The molecule has 0 saturated carbocycles. The molecule has 0 spiro atoms. The normalized spacial score (nSPS) is 13.1. The summed E-state index contributed by atoms with van der Waals surface area (Å²) in [6.07, 6.45) is 1.24. The highest BCUT2D eigenvalue weighted by molar-refractivity contribution is 5.46. The van der Waals surface area contributed by atoms with Crippen LogP contribution in [0.4, 0.5) is 0 Å². The molecule has 1 aliphatic carbocycles. The van der Waals surface area contributed by atoms with Crippen molar-refractivity contribution >= 4 is 0 Å². The predicted octanol–water partition coefficient (Wildman–Crippen LogP) is 1.90. The van der Waals surface area contributed by atoms with Crippen molar-refractivity contribution in [2.75, 3.05) is 0 Å². The maximum Gasteiger partial charge on any atom is -0.00200 e. The average Bonchev–Trinajstić information content (AvgIpc) is 2.43. The van der Waals surface area contributed by atoms with Crippen molar-refractivity contribution in [3.05, 3.63) is 34.9 Å². The smallest absolute Gasteiger partial charge is 0.00200 e. The molecule has 0 fully saturated rings. The van der Waals surface area contributed by atoms with Gasteiger partial charge in [0.05, 0.1) is 0 Å². The maximum atomic E-state index is 2.26. The third kappa shape index (κ3) is 0.460. The Morgan fingerprint density at radius 3 is 2.75 bits per heavy atom. The lowest BCUT2D eigenvalue weighted by Gasteiger charge is -1.82. The summed E-state index contributed by atoms with van der Waals surface area (Å²) in [4.78, 5) is 0. The standard InChI is InChI=1S/C8H8/c1-6-2-3-7-5-8(7)4-6/h2-4H,5H2,1H3. The Balaban J connectivity index is 2.64. The molecule has 2 rings (SSSR count). The van der Waals surface area contributed by atoms with E-state index in [0.29, 0.717) is 0 Å². The van der Waals surface area contributed by atoms with Crippen LogP contribution < -0.4 is 0 Å². The van der Waals surface area contributed by atoms with Crippen LogP contribution in [0.2, 0.25) is 0 Å². The van der Waals surface area contributed by atoms with E-state index in [9.17, 15) is 0 Å². The number of hydrogen-bond donors (Lipinski definition) is 0. The molecule has 0 bridgehead atoms. The molecule has 8 heavy (non-hydrogen) atoms. The van der Waals surface area contributed by atoms with Gasteiger partial charge in [-0.1, -0.05) is 23.8 Å². The van der Waals surface area contributed by atoms with Crippen molar-refractivity contribution in [2.24, 2.45) is 0 Å². The van der Waals surface area contributed by atoms with Gasteiger partial charge in [-0.05, 0) is 24.5 Å². The van der Waals surface area contributed by atoms with E-state index in [1.54, 1.807) is 5.56 Å². The van der Waals surface area contributed by atoms with Crippen LogP contribution >= 0.6 is 0 Å². The number of benzene rings is 1. The van der Waals surface area contributed by atoms with E-state index >= 15 is 0 Å². The molecular weight excluding hydrogens is 96.1 g/mol. The Labute approximate surface area is 49.2 Å². The number of hydrogen-bond acceptors (Lipinski definition) is 0. The first-order valence-corrected chi connectivity index (χ1v) is 2.95. The molecule has 0 aromatic heterocycles. The van der Waals surface area contributed by atoms with Gasteiger partial charge in [-0.2, -0.15) is 0 Å². The molecule has 0 unspecified atom stereocenters. The average molecular weight is 104 g/mol. The molecule has 0 amide bonds. The first kappa shape index (κ1) is 4.13. The summed E-state index contributed by atoms with van der Waals surface area (Å²) < 4.78 is 0. The second kappa shape index (κ2) is 1.13. The van der Waals surface area contributed by atoms with Gasteiger partial charge < -0.3 is 0 Å². The van der Waals surface area contributed by atoms with Crippen molar-refractivity contribution < 1.29 is 0 Å². The van der Waals surface area contributed by atoms with E-state index in [1.807, 2.05) is 0 Å². The van der Waals surface area contributed by atoms with Gasteiger partial charge in [0.2, 0.25) is 0 Å². The Hall–Kier alpha value is -0.780. The summed E-state index contributed by atoms with van der Waals surface area (Å²) in [6.45, 7) is 2.14. The predicted molar refractivity (Wildman–Crippen MR) is 34.0 cm³/mol. The molecular formula is C8H8. The summed E-state index contributed by atoms with van der Waals surface area (Å²) >= 11 is 0. The van der Waals surface area contributed by atoms with Gasteiger partial charge in [0.15, 0.2) is 0 Å². The second-order valence-corrected chi connectivity index (χ2v) is 2.45. The van der Waals surface area contributed by atoms with Crippen LogP contribution in [0.15, 0.2) is 18.2 Å². The lowest BCUT2D eigenvalue weighted by Crippen LogP contribution is -1.63. The fourth-order valence-corrected chi connectivity index (χ4v) is 1.03. The molecule has 0 heterocycles. The van der Waals surface area contributed by atoms with E-state index in [0.717, 1.165) is 0 Å². The zero-order chi connectivity index (χ0) is 5.56. The second-order valence-electron chi connectivity index (χ2n) is 2.45. The molecule has 0 atom stereocenters. The fourth-order valence-electron chi connectivity index (χ4n) is 1.03. The van der Waals surface area contributed by atoms with Crippen LogP contribution in [0.1, 0.15) is 16.7 Å². The van der Waals surface area contributed by atoms with E-state index in [1.165, 1.54) is 17.5 Å². The van der Waals surface area contributed by atoms with Crippen LogP contribution in [0.5, 0.6) is 0 Å². The van der Waals surface area contributed by atoms with Crippen molar-refractivity contribution in [3.8, 4) is 0 Å². The van der Waals surface area contributed by atoms with Gasteiger partial charge in [0.1, 0.15) is 0 Å². The molecule has 1 aromatic rings. The van der Waals surface area contributed by atoms with Crippen molar-refractivity contribution in [1.82, 2.24) is 0 Å². The summed E-state index contributed by atoms with van der Waals surface area (Å²) in [5, 5.41) is 0. The van der Waals surface area contributed by atoms with E-state index < -0.39 is 0 Å². The van der Waals surface area contributed by atoms with Gasteiger partial charge in [-0.15, -0.1) is 0 Å². The topological polar surface area (TPSA) is 0 Å². The third-order valence-corrected chi connectivity index (χ3v) is 1.62. The van der Waals surface area contributed by atoms with Crippen molar-refractivity contribution in [1.29, 1.82) is 0 Å². The van der Waals surface area contributed by atoms with Crippen LogP contribution in [-0.2, 0) is 6.42 Å². The number of fused-ring (bicyclic) bond motifs is 1. The van der Waals surface area contributed by atoms with Gasteiger partial charge in [-0.3, -0.25) is 0 Å². The highest BCUT2D eigenvalue weighted by atomic mass is 14.2. The Kier molecular flexibility index (Phi) is 0.587. The van der Waals surface area contributed by atoms with Gasteiger partial charge in [0.25, 0.3) is 0 Å². The fraction of sp³-hybridized carbons (Fsp3) is 0.250. The zero-order valence-corrected chi connectivity index (χ0v) is 4.94. The summed E-state index contributed by atoms with van der Waals surface area (Å²) in [5.41, 5.74) is 4.47. The molecule has 0 heteroatoms. The number of rotatable bonds is 0. The first-order chi connectivity index (χ1) is 3.86. The highest BCUT2D eigenvalue weighted by Gasteiger charge is 2.14. The van der Waals surface area contributed by atoms with E-state index in [-0.39, 0.29) is 0 Å². The molecule has 0 aliphatic heterocycles. The van der Waals surface area contributed by atoms with E-state index in [2.05, 4.69) is 25.1 Å². The quantitative estimate of drug-likeness (QED) is 0.479. The van der Waals surface area contributed by atoms with Crippen molar-refractivity contribution in [2.45, 2.75) is 13.3 Å². The zero-order valence-electron chi connectivity index (χ0n) is 4.94. The van der Waals surface area contributed by atoms with Crippen LogP contribution in [0.3, 0.4) is 0 Å². The monoisotopic (exact) mass is 104 g/mol. The Morgan fingerprint density at radius 2 is 2.12 bits per heavy atom. The summed E-state index contributed by atoms with van der Waals surface area (Å²) in [5.74, 6) is 0. The van der Waals surface area contributed by atoms with Gasteiger partial charge >= 0.3 is 0 Å². The molecule has 40 valence electrons.